The zero-order chi connectivity index (χ0) is 14.4. The molecular weight excluding hydrogens is 250 g/mol. The Morgan fingerprint density at radius 3 is 2.35 bits per heavy atom. The molecule has 0 radical (unpaired) electrons. The number of amides is 1. The molecule has 0 fully saturated rings. The summed E-state index contributed by atoms with van der Waals surface area (Å²) in [7, 11) is 0. The predicted molar refractivity (Wildman–Crippen MR) is 79.8 cm³/mol. The van der Waals surface area contributed by atoms with E-state index in [4.69, 9.17) is 5.73 Å². The number of hydrogen-bond acceptors (Lipinski definition) is 3. The van der Waals surface area contributed by atoms with E-state index in [1.165, 1.54) is 0 Å². The van der Waals surface area contributed by atoms with Crippen LogP contribution in [-0.2, 0) is 11.3 Å². The third-order valence-corrected chi connectivity index (χ3v) is 2.96. The number of carbonyl (C=O) groups excluding carboxylic acids is 1. The quantitative estimate of drug-likeness (QED) is 0.873. The fourth-order valence-corrected chi connectivity index (χ4v) is 1.92. The standard InChI is InChI=1S/C16H19N3O/c1-12(17)10-16(20)19-11-13-2-4-14(5-3-13)15-6-8-18-9-7-15/h2-9,12H,10-11,17H2,1H3,(H,19,20). The molecule has 2 aromatic rings. The first-order valence-corrected chi connectivity index (χ1v) is 6.67. The molecule has 2 rings (SSSR count). The summed E-state index contributed by atoms with van der Waals surface area (Å²) >= 11 is 0. The van der Waals surface area contributed by atoms with E-state index in [-0.39, 0.29) is 11.9 Å². The van der Waals surface area contributed by atoms with Crippen LogP contribution in [0.25, 0.3) is 11.1 Å². The fourth-order valence-electron chi connectivity index (χ4n) is 1.92. The maximum absolute atomic E-state index is 11.5. The second-order valence-electron chi connectivity index (χ2n) is 4.89. The van der Waals surface area contributed by atoms with Gasteiger partial charge in [0.25, 0.3) is 0 Å². The van der Waals surface area contributed by atoms with E-state index in [0.29, 0.717) is 13.0 Å². The second kappa shape index (κ2) is 6.82. The molecule has 0 bridgehead atoms. The summed E-state index contributed by atoms with van der Waals surface area (Å²) < 4.78 is 0. The molecule has 4 nitrogen and oxygen atoms in total. The van der Waals surface area contributed by atoms with Crippen molar-refractivity contribution in [3.05, 3.63) is 54.4 Å². The maximum Gasteiger partial charge on any atom is 0.221 e. The van der Waals surface area contributed by atoms with Crippen LogP contribution in [0.1, 0.15) is 18.9 Å². The summed E-state index contributed by atoms with van der Waals surface area (Å²) in [5, 5.41) is 2.86. The summed E-state index contributed by atoms with van der Waals surface area (Å²) in [6.07, 6.45) is 3.91. The zero-order valence-electron chi connectivity index (χ0n) is 11.5. The van der Waals surface area contributed by atoms with Crippen molar-refractivity contribution in [1.82, 2.24) is 10.3 Å². The minimum Gasteiger partial charge on any atom is -0.352 e. The highest BCUT2D eigenvalue weighted by atomic mass is 16.1. The number of nitrogens with two attached hydrogens (primary N) is 1. The molecule has 1 amide bonds. The minimum absolute atomic E-state index is 0.0155. The number of pyridine rings is 1. The van der Waals surface area contributed by atoms with E-state index < -0.39 is 0 Å². The normalized spacial score (nSPS) is 11.9. The third kappa shape index (κ3) is 4.17. The summed E-state index contributed by atoms with van der Waals surface area (Å²) in [6.45, 7) is 2.35. The molecule has 0 aliphatic heterocycles. The molecule has 1 unspecified atom stereocenters. The van der Waals surface area contributed by atoms with Gasteiger partial charge in [0.15, 0.2) is 0 Å². The largest absolute Gasteiger partial charge is 0.352 e. The molecule has 0 aliphatic rings. The Bertz CT molecular complexity index is 550. The number of hydrogen-bond donors (Lipinski definition) is 2. The van der Waals surface area contributed by atoms with E-state index in [1.807, 2.05) is 43.3 Å². The number of carbonyl (C=O) groups is 1. The van der Waals surface area contributed by atoms with Crippen molar-refractivity contribution in [2.24, 2.45) is 5.73 Å². The molecule has 1 heterocycles. The van der Waals surface area contributed by atoms with Gasteiger partial charge in [0.2, 0.25) is 5.91 Å². The van der Waals surface area contributed by atoms with Gasteiger partial charge in [-0.05, 0) is 35.7 Å². The lowest BCUT2D eigenvalue weighted by Crippen LogP contribution is -2.29. The number of nitrogens with zero attached hydrogens (tertiary/aromatic N) is 1. The lowest BCUT2D eigenvalue weighted by atomic mass is 10.1. The van der Waals surface area contributed by atoms with Crippen molar-refractivity contribution >= 4 is 5.91 Å². The molecule has 0 saturated heterocycles. The number of rotatable bonds is 5. The van der Waals surface area contributed by atoms with Crippen LogP contribution in [0.4, 0.5) is 0 Å². The van der Waals surface area contributed by atoms with Crippen LogP contribution < -0.4 is 11.1 Å². The summed E-state index contributed by atoms with van der Waals surface area (Å²) in [4.78, 5) is 15.5. The van der Waals surface area contributed by atoms with E-state index in [1.54, 1.807) is 12.4 Å². The fraction of sp³-hybridized carbons (Fsp3) is 0.250. The lowest BCUT2D eigenvalue weighted by molar-refractivity contribution is -0.121. The van der Waals surface area contributed by atoms with E-state index in [9.17, 15) is 4.79 Å². The van der Waals surface area contributed by atoms with Gasteiger partial charge in [0.05, 0.1) is 0 Å². The summed E-state index contributed by atoms with van der Waals surface area (Å²) in [5.41, 5.74) is 8.92. The summed E-state index contributed by atoms with van der Waals surface area (Å²) in [6, 6.07) is 12.0. The van der Waals surface area contributed by atoms with Gasteiger partial charge in [0.1, 0.15) is 0 Å². The van der Waals surface area contributed by atoms with Crippen molar-refractivity contribution in [1.29, 1.82) is 0 Å². The summed E-state index contributed by atoms with van der Waals surface area (Å²) in [5.74, 6) is -0.0155. The highest BCUT2D eigenvalue weighted by Crippen LogP contribution is 2.18. The van der Waals surface area contributed by atoms with Gasteiger partial charge < -0.3 is 11.1 Å². The Morgan fingerprint density at radius 2 is 1.75 bits per heavy atom. The van der Waals surface area contributed by atoms with Crippen LogP contribution in [0.3, 0.4) is 0 Å². The Kier molecular flexibility index (Phi) is 4.85. The zero-order valence-corrected chi connectivity index (χ0v) is 11.5. The number of benzene rings is 1. The van der Waals surface area contributed by atoms with Crippen molar-refractivity contribution in [3.63, 3.8) is 0 Å². The van der Waals surface area contributed by atoms with Crippen LogP contribution in [-0.4, -0.2) is 16.9 Å². The molecule has 1 atom stereocenters. The van der Waals surface area contributed by atoms with Gasteiger partial charge in [-0.3, -0.25) is 9.78 Å². The number of aromatic nitrogens is 1. The highest BCUT2D eigenvalue weighted by Gasteiger charge is 2.04. The first kappa shape index (κ1) is 14.2. The third-order valence-electron chi connectivity index (χ3n) is 2.96. The van der Waals surface area contributed by atoms with Crippen LogP contribution >= 0.6 is 0 Å². The molecule has 0 aliphatic carbocycles. The van der Waals surface area contributed by atoms with Crippen LogP contribution in [0.5, 0.6) is 0 Å². The van der Waals surface area contributed by atoms with Gasteiger partial charge in [-0.15, -0.1) is 0 Å². The Labute approximate surface area is 119 Å². The molecule has 1 aromatic heterocycles. The average Bonchev–Trinajstić information content (AvgIpc) is 2.46. The molecule has 1 aromatic carbocycles. The van der Waals surface area contributed by atoms with Gasteiger partial charge in [0, 0.05) is 31.4 Å². The molecule has 104 valence electrons. The Morgan fingerprint density at radius 1 is 1.15 bits per heavy atom. The minimum atomic E-state index is -0.107. The van der Waals surface area contributed by atoms with Crippen molar-refractivity contribution in [2.75, 3.05) is 0 Å². The highest BCUT2D eigenvalue weighted by molar-refractivity contribution is 5.76. The first-order chi connectivity index (χ1) is 9.65. The smallest absolute Gasteiger partial charge is 0.221 e. The van der Waals surface area contributed by atoms with E-state index in [0.717, 1.165) is 16.7 Å². The monoisotopic (exact) mass is 269 g/mol. The first-order valence-electron chi connectivity index (χ1n) is 6.67. The molecule has 20 heavy (non-hydrogen) atoms. The molecule has 0 saturated carbocycles. The Balaban J connectivity index is 1.94. The van der Waals surface area contributed by atoms with Crippen LogP contribution in [0, 0.1) is 0 Å². The second-order valence-corrected chi connectivity index (χ2v) is 4.89. The lowest BCUT2D eigenvalue weighted by Gasteiger charge is -2.08. The average molecular weight is 269 g/mol. The predicted octanol–water partition coefficient (Wildman–Crippen LogP) is 2.10. The van der Waals surface area contributed by atoms with Crippen LogP contribution in [0.15, 0.2) is 48.8 Å². The van der Waals surface area contributed by atoms with Gasteiger partial charge in [-0.1, -0.05) is 24.3 Å². The van der Waals surface area contributed by atoms with Crippen molar-refractivity contribution < 1.29 is 4.79 Å². The maximum atomic E-state index is 11.5. The van der Waals surface area contributed by atoms with Crippen molar-refractivity contribution in [3.8, 4) is 11.1 Å². The molecule has 4 heteroatoms. The van der Waals surface area contributed by atoms with Crippen molar-refractivity contribution in [2.45, 2.75) is 25.9 Å². The van der Waals surface area contributed by atoms with Gasteiger partial charge in [-0.25, -0.2) is 0 Å². The molecule has 3 N–H and O–H groups in total. The molecular formula is C16H19N3O. The SMILES string of the molecule is CC(N)CC(=O)NCc1ccc(-c2ccncc2)cc1. The van der Waals surface area contributed by atoms with Crippen LogP contribution in [0.2, 0.25) is 0 Å². The van der Waals surface area contributed by atoms with Gasteiger partial charge in [-0.2, -0.15) is 0 Å². The molecule has 0 spiro atoms. The number of nitrogens with one attached hydrogen (secondary N) is 1. The van der Waals surface area contributed by atoms with Gasteiger partial charge >= 0.3 is 0 Å². The topological polar surface area (TPSA) is 68.0 Å². The van der Waals surface area contributed by atoms with E-state index in [2.05, 4.69) is 10.3 Å². The van der Waals surface area contributed by atoms with E-state index >= 15 is 0 Å². The Hall–Kier alpha value is -2.20.